The molecule has 1 atom stereocenters. The van der Waals surface area contributed by atoms with Gasteiger partial charge < -0.3 is 6.92 Å². The topological polar surface area (TPSA) is 38.9 Å². The Morgan fingerprint density at radius 2 is 2.05 bits per heavy atom. The molecule has 0 spiro atoms. The van der Waals surface area contributed by atoms with Crippen LogP contribution in [0.25, 0.3) is 5.57 Å². The van der Waals surface area contributed by atoms with Crippen molar-refractivity contribution >= 4 is 5.57 Å². The zero-order valence-corrected chi connectivity index (χ0v) is 16.0. The van der Waals surface area contributed by atoms with Crippen LogP contribution in [-0.2, 0) is 0 Å². The average Bonchev–Trinajstić information content (AvgIpc) is 2.44. The largest absolute Gasteiger partial charge is 1.00 e. The number of hydrogen-bond acceptors (Lipinski definition) is 2. The van der Waals surface area contributed by atoms with Crippen LogP contribution in [0.4, 0.5) is 8.78 Å². The van der Waals surface area contributed by atoms with Crippen molar-refractivity contribution in [3.8, 4) is 0 Å². The van der Waals surface area contributed by atoms with Crippen molar-refractivity contribution in [2.45, 2.75) is 32.2 Å². The van der Waals surface area contributed by atoms with Gasteiger partial charge in [0.1, 0.15) is 0 Å². The minimum absolute atomic E-state index is 0. The number of aromatic nitrogens is 1. The smallest absolute Gasteiger partial charge is 0.343 e. The number of nitrogens with zero attached hydrogens (tertiary/aromatic N) is 1. The van der Waals surface area contributed by atoms with Crippen molar-refractivity contribution in [2.24, 2.45) is 11.7 Å². The van der Waals surface area contributed by atoms with Crippen molar-refractivity contribution in [2.75, 3.05) is 0 Å². The SMILES string of the molecule is [CH-]=CC(=C)c1ccncc1.[CH2-]CC(C)CCC(N)(F)F.[K+]. The van der Waals surface area contributed by atoms with Crippen molar-refractivity contribution in [1.29, 1.82) is 0 Å². The number of pyridine rings is 1. The Morgan fingerprint density at radius 1 is 1.52 bits per heavy atom. The summed E-state index contributed by atoms with van der Waals surface area (Å²) in [5, 5.41) is 0. The van der Waals surface area contributed by atoms with Crippen LogP contribution in [0.1, 0.15) is 31.7 Å². The van der Waals surface area contributed by atoms with E-state index in [0.29, 0.717) is 12.8 Å². The number of alkyl halides is 2. The fourth-order valence-corrected chi connectivity index (χ4v) is 1.25. The first kappa shape index (κ1) is 23.4. The maximum Gasteiger partial charge on any atom is 1.00 e. The fourth-order valence-electron chi connectivity index (χ4n) is 1.25. The quantitative estimate of drug-likeness (QED) is 0.371. The second-order valence-corrected chi connectivity index (χ2v) is 4.62. The first-order valence-electron chi connectivity index (χ1n) is 6.40. The Labute approximate surface area is 169 Å². The summed E-state index contributed by atoms with van der Waals surface area (Å²) >= 11 is 0. The molecule has 0 aliphatic rings. The number of allylic oxidation sites excluding steroid dienone is 2. The molecule has 2 N–H and O–H groups in total. The molecule has 112 valence electrons. The molecular formula is C16H22F2KN2-. The van der Waals surface area contributed by atoms with E-state index in [-0.39, 0.29) is 63.7 Å². The van der Waals surface area contributed by atoms with E-state index in [2.05, 4.69) is 24.2 Å². The van der Waals surface area contributed by atoms with E-state index in [1.807, 2.05) is 19.1 Å². The zero-order chi connectivity index (χ0) is 15.6. The van der Waals surface area contributed by atoms with Crippen LogP contribution >= 0.6 is 0 Å². The molecular weight excluding hydrogens is 297 g/mol. The van der Waals surface area contributed by atoms with Gasteiger partial charge in [0.15, 0.2) is 0 Å². The van der Waals surface area contributed by atoms with Crippen LogP contribution < -0.4 is 57.1 Å². The maximum atomic E-state index is 12.0. The number of nitrogens with two attached hydrogens (primary N) is 1. The van der Waals surface area contributed by atoms with Crippen LogP contribution in [0, 0.1) is 19.4 Å². The van der Waals surface area contributed by atoms with E-state index in [1.54, 1.807) is 12.4 Å². The Balaban J connectivity index is 0. The van der Waals surface area contributed by atoms with Crippen molar-refractivity contribution in [3.05, 3.63) is 56.2 Å². The predicted octanol–water partition coefficient (Wildman–Crippen LogP) is 1.27. The van der Waals surface area contributed by atoms with Gasteiger partial charge in [-0.25, -0.2) is 6.08 Å². The molecule has 5 heteroatoms. The minimum atomic E-state index is -3.00. The minimum Gasteiger partial charge on any atom is -0.343 e. The molecule has 0 aliphatic carbocycles. The Hall–Kier alpha value is 0.0864. The van der Waals surface area contributed by atoms with E-state index in [4.69, 9.17) is 6.58 Å². The van der Waals surface area contributed by atoms with Crippen molar-refractivity contribution in [3.63, 3.8) is 0 Å². The first-order chi connectivity index (χ1) is 9.30. The average molecular weight is 319 g/mol. The summed E-state index contributed by atoms with van der Waals surface area (Å²) in [5.41, 5.74) is 6.32. The summed E-state index contributed by atoms with van der Waals surface area (Å²) < 4.78 is 24.0. The van der Waals surface area contributed by atoms with E-state index in [1.165, 1.54) is 6.08 Å². The Morgan fingerprint density at radius 3 is 2.43 bits per heavy atom. The zero-order valence-electron chi connectivity index (χ0n) is 12.9. The van der Waals surface area contributed by atoms with Gasteiger partial charge >= 0.3 is 51.4 Å². The van der Waals surface area contributed by atoms with Crippen LogP contribution in [0.3, 0.4) is 0 Å². The van der Waals surface area contributed by atoms with Crippen LogP contribution in [-0.4, -0.2) is 11.0 Å². The van der Waals surface area contributed by atoms with Gasteiger partial charge in [-0.15, -0.1) is 0 Å². The Kier molecular flexibility index (Phi) is 14.0. The van der Waals surface area contributed by atoms with Crippen LogP contribution in [0.5, 0.6) is 0 Å². The number of rotatable bonds is 6. The predicted molar refractivity (Wildman–Crippen MR) is 79.6 cm³/mol. The Bertz CT molecular complexity index is 402. The molecule has 0 aromatic carbocycles. The molecule has 1 aromatic heterocycles. The molecule has 2 nitrogen and oxygen atoms in total. The molecule has 1 aromatic rings. The van der Waals surface area contributed by atoms with E-state index >= 15 is 0 Å². The monoisotopic (exact) mass is 319 g/mol. The normalized spacial score (nSPS) is 11.5. The van der Waals surface area contributed by atoms with Gasteiger partial charge in [0.25, 0.3) is 6.05 Å². The standard InChI is InChI=1S/C9H8N.C7H14F2N.K/c1-3-8(2)9-4-6-10-7-5-9;1-3-6(2)4-5-7(8,9)10;/h1,3-7H,2H2;6H,1,3-5,10H2,2H3;/q2*-1;+1. The first-order valence-corrected chi connectivity index (χ1v) is 6.40. The molecule has 0 bridgehead atoms. The summed E-state index contributed by atoms with van der Waals surface area (Å²) in [4.78, 5) is 3.87. The summed E-state index contributed by atoms with van der Waals surface area (Å²) in [6.45, 7) is 14.5. The third-order valence-electron chi connectivity index (χ3n) is 2.72. The third kappa shape index (κ3) is 13.5. The molecule has 1 heterocycles. The van der Waals surface area contributed by atoms with E-state index in [9.17, 15) is 8.78 Å². The van der Waals surface area contributed by atoms with E-state index < -0.39 is 6.05 Å². The van der Waals surface area contributed by atoms with Crippen LogP contribution in [0.2, 0.25) is 0 Å². The van der Waals surface area contributed by atoms with Gasteiger partial charge in [0.2, 0.25) is 0 Å². The number of hydrogen-bond donors (Lipinski definition) is 1. The van der Waals surface area contributed by atoms with Gasteiger partial charge in [-0.2, -0.15) is 27.4 Å². The molecule has 0 saturated heterocycles. The maximum absolute atomic E-state index is 12.0. The number of halogens is 2. The molecule has 21 heavy (non-hydrogen) atoms. The van der Waals surface area contributed by atoms with Gasteiger partial charge in [-0.3, -0.25) is 17.3 Å². The second-order valence-electron chi connectivity index (χ2n) is 4.62. The van der Waals surface area contributed by atoms with Gasteiger partial charge in [-0.1, -0.05) is 30.5 Å². The molecule has 0 saturated carbocycles. The summed E-state index contributed by atoms with van der Waals surface area (Å²) in [6.07, 6.45) is 5.82. The van der Waals surface area contributed by atoms with E-state index in [0.717, 1.165) is 11.1 Å². The summed E-state index contributed by atoms with van der Waals surface area (Å²) in [7, 11) is 0. The molecule has 0 fully saturated rings. The van der Waals surface area contributed by atoms with Crippen molar-refractivity contribution < 1.29 is 60.2 Å². The second kappa shape index (κ2) is 12.6. The van der Waals surface area contributed by atoms with Gasteiger partial charge in [0, 0.05) is 18.8 Å². The molecule has 1 rings (SSSR count). The third-order valence-corrected chi connectivity index (χ3v) is 2.72. The molecule has 1 unspecified atom stereocenters. The van der Waals surface area contributed by atoms with Crippen molar-refractivity contribution in [1.82, 2.24) is 4.98 Å². The molecule has 0 amide bonds. The fraction of sp³-hybridized carbons (Fsp3) is 0.375. The van der Waals surface area contributed by atoms with Gasteiger partial charge in [0.05, 0.1) is 0 Å². The van der Waals surface area contributed by atoms with Crippen LogP contribution in [0.15, 0.2) is 37.2 Å². The molecule has 0 aliphatic heterocycles. The summed E-state index contributed by atoms with van der Waals surface area (Å²) in [6, 6.07) is 0.737. The van der Waals surface area contributed by atoms with Gasteiger partial charge in [-0.05, 0) is 6.42 Å². The molecule has 0 radical (unpaired) electrons. The summed E-state index contributed by atoms with van der Waals surface area (Å²) in [5.74, 6) is 0.245.